The number of para-hydroxylation sites is 1. The van der Waals surface area contributed by atoms with Gasteiger partial charge in [-0.3, -0.25) is 9.59 Å². The molecule has 0 heterocycles. The maximum absolute atomic E-state index is 12.0. The molecule has 0 aliphatic rings. The number of rotatable bonds is 10. The van der Waals surface area contributed by atoms with Crippen molar-refractivity contribution in [2.45, 2.75) is 33.1 Å². The maximum atomic E-state index is 12.0. The molecule has 0 saturated heterocycles. The lowest BCUT2D eigenvalue weighted by atomic mass is 10.1. The van der Waals surface area contributed by atoms with Gasteiger partial charge in [0.25, 0.3) is 0 Å². The number of anilines is 1. The number of nitrogens with zero attached hydrogens (tertiary/aromatic N) is 1. The predicted octanol–water partition coefficient (Wildman–Crippen LogP) is 3.70. The fourth-order valence-electron chi connectivity index (χ4n) is 2.73. The SMILES string of the molecule is C=CCc1cc(/C=N/NC(=O)CCC(=O)Nc2ccccc2C)cc(OCC)c1O. The Hall–Kier alpha value is -3.61. The fraction of sp³-hybridized carbons (Fsp3) is 0.261. The van der Waals surface area contributed by atoms with Crippen LogP contribution in [0.2, 0.25) is 0 Å². The molecule has 7 heteroatoms. The molecule has 2 aromatic rings. The van der Waals surface area contributed by atoms with Gasteiger partial charge in [-0.2, -0.15) is 5.10 Å². The van der Waals surface area contributed by atoms with Gasteiger partial charge in [-0.1, -0.05) is 24.3 Å². The first-order valence-corrected chi connectivity index (χ1v) is 9.71. The average Bonchev–Trinajstić information content (AvgIpc) is 2.72. The van der Waals surface area contributed by atoms with Crippen LogP contribution in [-0.4, -0.2) is 29.7 Å². The molecule has 0 unspecified atom stereocenters. The summed E-state index contributed by atoms with van der Waals surface area (Å²) in [4.78, 5) is 24.0. The number of phenolic OH excluding ortho intramolecular Hbond substituents is 1. The van der Waals surface area contributed by atoms with E-state index in [-0.39, 0.29) is 30.4 Å². The molecule has 0 saturated carbocycles. The molecule has 0 bridgehead atoms. The van der Waals surface area contributed by atoms with Crippen LogP contribution in [0.5, 0.6) is 11.5 Å². The molecule has 0 radical (unpaired) electrons. The highest BCUT2D eigenvalue weighted by Crippen LogP contribution is 2.31. The lowest BCUT2D eigenvalue weighted by Crippen LogP contribution is -2.20. The van der Waals surface area contributed by atoms with E-state index in [9.17, 15) is 14.7 Å². The number of aryl methyl sites for hydroxylation is 1. The smallest absolute Gasteiger partial charge is 0.240 e. The van der Waals surface area contributed by atoms with Gasteiger partial charge >= 0.3 is 0 Å². The summed E-state index contributed by atoms with van der Waals surface area (Å²) in [6, 6.07) is 10.8. The highest BCUT2D eigenvalue weighted by Gasteiger charge is 2.10. The molecule has 0 spiro atoms. The summed E-state index contributed by atoms with van der Waals surface area (Å²) in [6.07, 6.45) is 3.66. The zero-order valence-corrected chi connectivity index (χ0v) is 17.3. The Morgan fingerprint density at radius 3 is 2.63 bits per heavy atom. The van der Waals surface area contributed by atoms with Gasteiger partial charge in [0.1, 0.15) is 0 Å². The van der Waals surface area contributed by atoms with Crippen LogP contribution in [0.4, 0.5) is 5.69 Å². The number of hydrogen-bond acceptors (Lipinski definition) is 5. The van der Waals surface area contributed by atoms with E-state index < -0.39 is 0 Å². The van der Waals surface area contributed by atoms with Crippen molar-refractivity contribution in [3.8, 4) is 11.5 Å². The normalized spacial score (nSPS) is 10.6. The first-order chi connectivity index (χ1) is 14.4. The van der Waals surface area contributed by atoms with E-state index in [0.29, 0.717) is 29.9 Å². The van der Waals surface area contributed by atoms with Crippen LogP contribution in [-0.2, 0) is 16.0 Å². The number of ether oxygens (including phenoxy) is 1. The number of hydrogen-bond donors (Lipinski definition) is 3. The second kappa shape index (κ2) is 11.4. The Labute approximate surface area is 176 Å². The van der Waals surface area contributed by atoms with Crippen molar-refractivity contribution in [1.29, 1.82) is 0 Å². The van der Waals surface area contributed by atoms with E-state index in [1.807, 2.05) is 38.1 Å². The lowest BCUT2D eigenvalue weighted by Gasteiger charge is -2.10. The highest BCUT2D eigenvalue weighted by atomic mass is 16.5. The van der Waals surface area contributed by atoms with Crippen LogP contribution in [0, 0.1) is 6.92 Å². The van der Waals surface area contributed by atoms with Crippen molar-refractivity contribution in [1.82, 2.24) is 5.43 Å². The Morgan fingerprint density at radius 1 is 1.20 bits per heavy atom. The molecule has 0 aliphatic heterocycles. The second-order valence-corrected chi connectivity index (χ2v) is 6.61. The average molecular weight is 409 g/mol. The van der Waals surface area contributed by atoms with Crippen molar-refractivity contribution < 1.29 is 19.4 Å². The number of carbonyl (C=O) groups is 2. The van der Waals surface area contributed by atoms with Crippen LogP contribution < -0.4 is 15.5 Å². The van der Waals surface area contributed by atoms with E-state index in [1.54, 1.807) is 18.2 Å². The van der Waals surface area contributed by atoms with Gasteiger partial charge in [0.15, 0.2) is 11.5 Å². The second-order valence-electron chi connectivity index (χ2n) is 6.61. The third-order valence-electron chi connectivity index (χ3n) is 4.24. The van der Waals surface area contributed by atoms with Crippen molar-refractivity contribution >= 4 is 23.7 Å². The molecule has 0 aromatic heterocycles. The van der Waals surface area contributed by atoms with Crippen LogP contribution in [0.15, 0.2) is 54.2 Å². The molecular formula is C23H27N3O4. The topological polar surface area (TPSA) is 100 Å². The van der Waals surface area contributed by atoms with Crippen molar-refractivity contribution in [3.63, 3.8) is 0 Å². The number of aromatic hydroxyl groups is 1. The monoisotopic (exact) mass is 409 g/mol. The van der Waals surface area contributed by atoms with Crippen LogP contribution in [0.3, 0.4) is 0 Å². The molecule has 2 amide bonds. The van der Waals surface area contributed by atoms with E-state index in [4.69, 9.17) is 4.74 Å². The highest BCUT2D eigenvalue weighted by molar-refractivity contribution is 5.94. The van der Waals surface area contributed by atoms with Crippen molar-refractivity contribution in [2.24, 2.45) is 5.10 Å². The summed E-state index contributed by atoms with van der Waals surface area (Å²) >= 11 is 0. The van der Waals surface area contributed by atoms with E-state index >= 15 is 0 Å². The number of benzene rings is 2. The third kappa shape index (κ3) is 6.77. The summed E-state index contributed by atoms with van der Waals surface area (Å²) < 4.78 is 5.44. The molecule has 7 nitrogen and oxygen atoms in total. The number of phenols is 1. The predicted molar refractivity (Wildman–Crippen MR) is 118 cm³/mol. The summed E-state index contributed by atoms with van der Waals surface area (Å²) in [5, 5.41) is 16.9. The largest absolute Gasteiger partial charge is 0.504 e. The Bertz CT molecular complexity index is 938. The minimum atomic E-state index is -0.374. The fourth-order valence-corrected chi connectivity index (χ4v) is 2.73. The summed E-state index contributed by atoms with van der Waals surface area (Å²) in [5.74, 6) is -0.200. The number of amides is 2. The van der Waals surface area contributed by atoms with Crippen LogP contribution >= 0.6 is 0 Å². The van der Waals surface area contributed by atoms with Gasteiger partial charge in [-0.15, -0.1) is 6.58 Å². The zero-order chi connectivity index (χ0) is 21.9. The lowest BCUT2D eigenvalue weighted by molar-refractivity contribution is -0.124. The maximum Gasteiger partial charge on any atom is 0.240 e. The Morgan fingerprint density at radius 2 is 1.93 bits per heavy atom. The van der Waals surface area contributed by atoms with E-state index in [2.05, 4.69) is 22.4 Å². The zero-order valence-electron chi connectivity index (χ0n) is 17.3. The molecule has 3 N–H and O–H groups in total. The quantitative estimate of drug-likeness (QED) is 0.316. The Kier molecular flexibility index (Phi) is 8.62. The van der Waals surface area contributed by atoms with E-state index in [0.717, 1.165) is 11.3 Å². The molecule has 2 rings (SSSR count). The van der Waals surface area contributed by atoms with Gasteiger partial charge in [-0.05, 0) is 49.6 Å². The van der Waals surface area contributed by atoms with E-state index in [1.165, 1.54) is 6.21 Å². The van der Waals surface area contributed by atoms with Crippen molar-refractivity contribution in [2.75, 3.05) is 11.9 Å². The minimum Gasteiger partial charge on any atom is -0.504 e. The molecule has 158 valence electrons. The summed E-state index contributed by atoms with van der Waals surface area (Å²) in [7, 11) is 0. The number of carbonyl (C=O) groups excluding carboxylic acids is 2. The number of nitrogens with one attached hydrogen (secondary N) is 2. The standard InChI is InChI=1S/C23H27N3O4/c1-4-8-18-13-17(14-20(23(18)29)30-5-2)15-24-26-22(28)12-11-21(27)25-19-10-7-6-9-16(19)3/h4,6-7,9-10,13-15,29H,1,5,8,11-12H2,2-3H3,(H,25,27)(H,26,28)/b24-15+. The number of allylic oxidation sites excluding steroid dienone is 1. The van der Waals surface area contributed by atoms with Crippen molar-refractivity contribution in [3.05, 3.63) is 65.7 Å². The third-order valence-corrected chi connectivity index (χ3v) is 4.24. The Balaban J connectivity index is 1.90. The van der Waals surface area contributed by atoms with Crippen LogP contribution in [0.1, 0.15) is 36.5 Å². The van der Waals surface area contributed by atoms with Gasteiger partial charge in [0, 0.05) is 24.1 Å². The first kappa shape index (κ1) is 22.7. The number of hydrazone groups is 1. The summed E-state index contributed by atoms with van der Waals surface area (Å²) in [6.45, 7) is 7.81. The van der Waals surface area contributed by atoms with Crippen LogP contribution in [0.25, 0.3) is 0 Å². The van der Waals surface area contributed by atoms with Gasteiger partial charge in [0.2, 0.25) is 11.8 Å². The molecule has 30 heavy (non-hydrogen) atoms. The molecule has 0 fully saturated rings. The summed E-state index contributed by atoms with van der Waals surface area (Å²) in [5.41, 5.74) is 5.40. The van der Waals surface area contributed by atoms with Gasteiger partial charge in [-0.25, -0.2) is 5.43 Å². The van der Waals surface area contributed by atoms with Gasteiger partial charge < -0.3 is 15.2 Å². The molecule has 0 aliphatic carbocycles. The van der Waals surface area contributed by atoms with Gasteiger partial charge in [0.05, 0.1) is 12.8 Å². The minimum absolute atomic E-state index is 0.0105. The molecular weight excluding hydrogens is 382 g/mol. The first-order valence-electron chi connectivity index (χ1n) is 9.71. The molecule has 0 atom stereocenters. The molecule has 2 aromatic carbocycles.